The molecule has 6 nitrogen and oxygen atoms in total. The van der Waals surface area contributed by atoms with Crippen molar-refractivity contribution in [1.29, 1.82) is 0 Å². The molecule has 1 aliphatic heterocycles. The van der Waals surface area contributed by atoms with E-state index in [0.717, 1.165) is 0 Å². The van der Waals surface area contributed by atoms with Crippen molar-refractivity contribution in [1.82, 2.24) is 0 Å². The number of esters is 1. The van der Waals surface area contributed by atoms with Crippen molar-refractivity contribution in [2.45, 2.75) is 49.9 Å². The molecule has 8 atom stereocenters. The molecule has 4 aliphatic carbocycles. The van der Waals surface area contributed by atoms with E-state index in [9.17, 15) is 24.9 Å². The summed E-state index contributed by atoms with van der Waals surface area (Å²) in [6.45, 7) is 5.64. The minimum atomic E-state index is -1.27. The highest BCUT2D eigenvalue weighted by Gasteiger charge is 2.83. The molecule has 25 heavy (non-hydrogen) atoms. The summed E-state index contributed by atoms with van der Waals surface area (Å²) in [5.41, 5.74) is -3.29. The average Bonchev–Trinajstić information content (AvgIpc) is 2.95. The first kappa shape index (κ1) is 15.6. The topological polar surface area (TPSA) is 104 Å². The van der Waals surface area contributed by atoms with Gasteiger partial charge in [-0.05, 0) is 49.7 Å². The van der Waals surface area contributed by atoms with Crippen LogP contribution < -0.4 is 0 Å². The molecule has 1 unspecified atom stereocenters. The van der Waals surface area contributed by atoms with E-state index >= 15 is 0 Å². The summed E-state index contributed by atoms with van der Waals surface area (Å²) in [5, 5.41) is 31.6. The van der Waals surface area contributed by atoms with Crippen LogP contribution in [0, 0.1) is 28.6 Å². The number of carboxylic acid groups (broad SMARTS) is 1. The second-order valence-corrected chi connectivity index (χ2v) is 8.94. The number of rotatable bonds is 1. The van der Waals surface area contributed by atoms with Gasteiger partial charge in [0.25, 0.3) is 0 Å². The Morgan fingerprint density at radius 3 is 2.84 bits per heavy atom. The van der Waals surface area contributed by atoms with Crippen LogP contribution in [-0.4, -0.2) is 44.6 Å². The Kier molecular flexibility index (Phi) is 2.50. The Balaban J connectivity index is 1.78. The number of hydrogen-bond donors (Lipinski definition) is 3. The number of carboxylic acids is 1. The zero-order valence-corrected chi connectivity index (χ0v) is 14.1. The van der Waals surface area contributed by atoms with Gasteiger partial charge >= 0.3 is 11.9 Å². The van der Waals surface area contributed by atoms with Gasteiger partial charge in [0.2, 0.25) is 0 Å². The fourth-order valence-electron chi connectivity index (χ4n) is 7.13. The van der Waals surface area contributed by atoms with Gasteiger partial charge in [-0.25, -0.2) is 0 Å². The van der Waals surface area contributed by atoms with Gasteiger partial charge in [0.05, 0.1) is 17.6 Å². The molecule has 1 spiro atoms. The third-order valence-electron chi connectivity index (χ3n) is 8.12. The van der Waals surface area contributed by atoms with Crippen molar-refractivity contribution in [2.75, 3.05) is 0 Å². The van der Waals surface area contributed by atoms with Gasteiger partial charge in [-0.3, -0.25) is 9.59 Å². The van der Waals surface area contributed by atoms with Crippen LogP contribution in [0.2, 0.25) is 0 Å². The molecular weight excluding hydrogens is 324 g/mol. The number of fused-ring (bicyclic) bond motifs is 1. The minimum absolute atomic E-state index is 0.180. The molecule has 6 heteroatoms. The Bertz CT molecular complexity index is 772. The molecule has 4 bridgehead atoms. The SMILES string of the molecule is C=C1C[C@]23C[C@@]1(O)CC[C@H]2[C@@]12C=C[C@H](O)[C@@](C)(C(=O)O1)[C@H]2C3C(=O)O. The van der Waals surface area contributed by atoms with Crippen LogP contribution in [-0.2, 0) is 14.3 Å². The molecular formula is C19H22O6. The summed E-state index contributed by atoms with van der Waals surface area (Å²) in [6.07, 6.45) is 4.11. The molecule has 4 fully saturated rings. The maximum absolute atomic E-state index is 12.7. The third-order valence-corrected chi connectivity index (χ3v) is 8.12. The summed E-state index contributed by atoms with van der Waals surface area (Å²) in [4.78, 5) is 25.1. The zero-order chi connectivity index (χ0) is 18.0. The van der Waals surface area contributed by atoms with Crippen LogP contribution in [0.4, 0.5) is 0 Å². The first-order valence-electron chi connectivity index (χ1n) is 8.86. The van der Waals surface area contributed by atoms with Crippen molar-refractivity contribution in [2.24, 2.45) is 28.6 Å². The molecule has 0 aromatic heterocycles. The maximum atomic E-state index is 12.7. The van der Waals surface area contributed by atoms with Crippen molar-refractivity contribution in [3.8, 4) is 0 Å². The van der Waals surface area contributed by atoms with E-state index in [2.05, 4.69) is 6.58 Å². The summed E-state index contributed by atoms with van der Waals surface area (Å²) in [6, 6.07) is 0. The fourth-order valence-corrected chi connectivity index (χ4v) is 7.13. The molecule has 3 N–H and O–H groups in total. The highest BCUT2D eigenvalue weighted by Crippen LogP contribution is 2.77. The first-order valence-corrected chi connectivity index (χ1v) is 8.86. The van der Waals surface area contributed by atoms with Crippen LogP contribution in [0.3, 0.4) is 0 Å². The second-order valence-electron chi connectivity index (χ2n) is 8.94. The van der Waals surface area contributed by atoms with E-state index in [-0.39, 0.29) is 5.92 Å². The standard InChI is InChI=1S/C19H22O6/c1-9-7-17-8-18(9,24)5-3-10(17)19-6-4-11(20)16(2,15(23)25-19)13(19)12(17)14(21)22/h4,6,10-13,20,24H,1,3,5,7-8H2,2H3,(H,21,22)/t10-,11+,12?,13-,16-,17+,18+,19-/m1/s1. The van der Waals surface area contributed by atoms with Gasteiger partial charge in [0, 0.05) is 11.8 Å². The van der Waals surface area contributed by atoms with Gasteiger partial charge in [0.15, 0.2) is 0 Å². The summed E-state index contributed by atoms with van der Waals surface area (Å²) in [5.74, 6) is -3.18. The molecule has 5 rings (SSSR count). The van der Waals surface area contributed by atoms with Crippen LogP contribution in [0.15, 0.2) is 24.3 Å². The van der Waals surface area contributed by atoms with E-state index in [0.29, 0.717) is 31.3 Å². The number of aliphatic hydroxyl groups excluding tert-OH is 1. The van der Waals surface area contributed by atoms with Gasteiger partial charge in [-0.15, -0.1) is 0 Å². The van der Waals surface area contributed by atoms with Crippen molar-refractivity contribution >= 4 is 11.9 Å². The predicted octanol–water partition coefficient (Wildman–Crippen LogP) is 1.03. The monoisotopic (exact) mass is 346 g/mol. The van der Waals surface area contributed by atoms with Crippen molar-refractivity contribution in [3.63, 3.8) is 0 Å². The van der Waals surface area contributed by atoms with Gasteiger partial charge in [-0.1, -0.05) is 12.7 Å². The Labute approximate surface area is 145 Å². The number of carbonyl (C=O) groups is 2. The first-order chi connectivity index (χ1) is 11.6. The van der Waals surface area contributed by atoms with Gasteiger partial charge < -0.3 is 20.1 Å². The van der Waals surface area contributed by atoms with Crippen molar-refractivity contribution in [3.05, 3.63) is 24.3 Å². The number of hydrogen-bond acceptors (Lipinski definition) is 5. The number of carbonyl (C=O) groups excluding carboxylic acids is 1. The van der Waals surface area contributed by atoms with Gasteiger partial charge in [-0.2, -0.15) is 0 Å². The second kappa shape index (κ2) is 4.01. The zero-order valence-electron chi connectivity index (χ0n) is 14.1. The lowest BCUT2D eigenvalue weighted by atomic mass is 9.61. The normalized spacial score (nSPS) is 58.0. The van der Waals surface area contributed by atoms with E-state index in [1.54, 1.807) is 19.1 Å². The molecule has 0 aromatic carbocycles. The van der Waals surface area contributed by atoms with E-state index < -0.39 is 51.9 Å². The third kappa shape index (κ3) is 1.36. The number of ether oxygens (including phenoxy) is 1. The Morgan fingerprint density at radius 1 is 1.44 bits per heavy atom. The highest BCUT2D eigenvalue weighted by atomic mass is 16.6. The van der Waals surface area contributed by atoms with Crippen LogP contribution >= 0.6 is 0 Å². The largest absolute Gasteiger partial charge is 0.481 e. The number of aliphatic carboxylic acids is 1. The molecule has 3 saturated carbocycles. The molecule has 134 valence electrons. The summed E-state index contributed by atoms with van der Waals surface area (Å²) >= 11 is 0. The lowest BCUT2D eigenvalue weighted by Crippen LogP contribution is -2.50. The summed E-state index contributed by atoms with van der Waals surface area (Å²) < 4.78 is 5.87. The molecule has 0 amide bonds. The lowest BCUT2D eigenvalue weighted by molar-refractivity contribution is -0.163. The van der Waals surface area contributed by atoms with Gasteiger partial charge in [0.1, 0.15) is 11.0 Å². The maximum Gasteiger partial charge on any atom is 0.316 e. The van der Waals surface area contributed by atoms with E-state index in [1.807, 2.05) is 0 Å². The van der Waals surface area contributed by atoms with Crippen LogP contribution in [0.5, 0.6) is 0 Å². The van der Waals surface area contributed by atoms with Crippen molar-refractivity contribution < 1.29 is 29.6 Å². The smallest absolute Gasteiger partial charge is 0.316 e. The number of aliphatic hydroxyl groups is 2. The fraction of sp³-hybridized carbons (Fsp3) is 0.684. The molecule has 0 aromatic rings. The summed E-state index contributed by atoms with van der Waals surface area (Å²) in [7, 11) is 0. The average molecular weight is 346 g/mol. The molecule has 1 saturated heterocycles. The molecule has 5 aliphatic rings. The van der Waals surface area contributed by atoms with Crippen LogP contribution in [0.25, 0.3) is 0 Å². The quantitative estimate of drug-likeness (QED) is 0.484. The molecule has 1 heterocycles. The predicted molar refractivity (Wildman–Crippen MR) is 85.2 cm³/mol. The van der Waals surface area contributed by atoms with E-state index in [4.69, 9.17) is 4.74 Å². The van der Waals surface area contributed by atoms with E-state index in [1.165, 1.54) is 0 Å². The minimum Gasteiger partial charge on any atom is -0.481 e. The molecule has 0 radical (unpaired) electrons. The highest BCUT2D eigenvalue weighted by molar-refractivity contribution is 5.86. The Hall–Kier alpha value is -1.66. The Morgan fingerprint density at radius 2 is 2.16 bits per heavy atom. The van der Waals surface area contributed by atoms with Crippen LogP contribution in [0.1, 0.15) is 32.6 Å². The lowest BCUT2D eigenvalue weighted by Gasteiger charge is -2.44.